The fourth-order valence-corrected chi connectivity index (χ4v) is 2.90. The number of nitrogens with zero attached hydrogens (tertiary/aromatic N) is 1. The molecule has 0 spiro atoms. The maximum absolute atomic E-state index is 13.1. The van der Waals surface area contributed by atoms with Crippen LogP contribution in [0.15, 0.2) is 74.3 Å². The Morgan fingerprint density at radius 1 is 0.920 bits per heavy atom. The highest BCUT2D eigenvalue weighted by atomic mass is 16.4. The van der Waals surface area contributed by atoms with Gasteiger partial charge in [0.15, 0.2) is 5.76 Å². The summed E-state index contributed by atoms with van der Waals surface area (Å²) in [6.45, 7) is 2.57. The second-order valence-corrected chi connectivity index (χ2v) is 5.87. The molecule has 3 heterocycles. The maximum atomic E-state index is 13.1. The fraction of sp³-hybridized carbons (Fsp3) is 0.150. The number of carbonyl (C=O) groups is 1. The van der Waals surface area contributed by atoms with Gasteiger partial charge in [0.05, 0.1) is 25.6 Å². The van der Waals surface area contributed by atoms with Crippen molar-refractivity contribution in [2.75, 3.05) is 0 Å². The van der Waals surface area contributed by atoms with Gasteiger partial charge < -0.3 is 18.2 Å². The van der Waals surface area contributed by atoms with E-state index >= 15 is 0 Å². The second kappa shape index (κ2) is 6.36. The Morgan fingerprint density at radius 3 is 2.12 bits per heavy atom. The van der Waals surface area contributed by atoms with Crippen LogP contribution in [0.5, 0.6) is 0 Å². The summed E-state index contributed by atoms with van der Waals surface area (Å²) >= 11 is 0. The molecule has 0 fully saturated rings. The van der Waals surface area contributed by atoms with Crippen molar-refractivity contribution in [1.82, 2.24) is 4.90 Å². The summed E-state index contributed by atoms with van der Waals surface area (Å²) in [5, 5.41) is 0.946. The summed E-state index contributed by atoms with van der Waals surface area (Å²) in [5.41, 5.74) is 1.55. The van der Waals surface area contributed by atoms with E-state index < -0.39 is 0 Å². The first-order valence-corrected chi connectivity index (χ1v) is 8.04. The number of furan rings is 3. The molecule has 3 aromatic heterocycles. The molecule has 5 nitrogen and oxygen atoms in total. The molecule has 0 aliphatic heterocycles. The molecule has 0 saturated heterocycles. The summed E-state index contributed by atoms with van der Waals surface area (Å²) < 4.78 is 16.6. The lowest BCUT2D eigenvalue weighted by molar-refractivity contribution is 0.0674. The number of para-hydroxylation sites is 1. The molecular formula is C20H17NO4. The number of amides is 1. The van der Waals surface area contributed by atoms with Gasteiger partial charge in [-0.15, -0.1) is 0 Å². The minimum Gasteiger partial charge on any atom is -0.467 e. The Labute approximate surface area is 144 Å². The van der Waals surface area contributed by atoms with Crippen LogP contribution in [0.1, 0.15) is 27.6 Å². The zero-order valence-corrected chi connectivity index (χ0v) is 13.8. The van der Waals surface area contributed by atoms with Gasteiger partial charge in [-0.3, -0.25) is 4.79 Å². The van der Waals surface area contributed by atoms with E-state index in [-0.39, 0.29) is 5.91 Å². The molecule has 4 aromatic rings. The van der Waals surface area contributed by atoms with Crippen molar-refractivity contribution in [1.29, 1.82) is 0 Å². The Bertz CT molecular complexity index is 944. The molecule has 0 bridgehead atoms. The second-order valence-electron chi connectivity index (χ2n) is 5.87. The maximum Gasteiger partial charge on any atom is 0.290 e. The topological polar surface area (TPSA) is 59.7 Å². The number of hydrogen-bond donors (Lipinski definition) is 0. The lowest BCUT2D eigenvalue weighted by Crippen LogP contribution is -2.30. The van der Waals surface area contributed by atoms with E-state index in [1.807, 2.05) is 43.3 Å². The molecule has 0 aliphatic carbocycles. The van der Waals surface area contributed by atoms with Crippen molar-refractivity contribution in [2.45, 2.75) is 20.0 Å². The van der Waals surface area contributed by atoms with Crippen LogP contribution in [-0.2, 0) is 13.1 Å². The smallest absolute Gasteiger partial charge is 0.290 e. The van der Waals surface area contributed by atoms with Gasteiger partial charge in [0.1, 0.15) is 17.1 Å². The first kappa shape index (κ1) is 15.3. The number of aryl methyl sites for hydroxylation is 1. The summed E-state index contributed by atoms with van der Waals surface area (Å²) in [5.74, 6) is 1.56. The molecule has 0 N–H and O–H groups in total. The van der Waals surface area contributed by atoms with Crippen LogP contribution < -0.4 is 0 Å². The summed E-state index contributed by atoms with van der Waals surface area (Å²) in [4.78, 5) is 14.8. The van der Waals surface area contributed by atoms with Crippen LogP contribution in [0.2, 0.25) is 0 Å². The third kappa shape index (κ3) is 2.96. The van der Waals surface area contributed by atoms with Gasteiger partial charge >= 0.3 is 0 Å². The van der Waals surface area contributed by atoms with Crippen molar-refractivity contribution in [3.63, 3.8) is 0 Å². The predicted octanol–water partition coefficient (Wildman–Crippen LogP) is 4.77. The highest BCUT2D eigenvalue weighted by Crippen LogP contribution is 2.27. The fourth-order valence-electron chi connectivity index (χ4n) is 2.90. The molecular weight excluding hydrogens is 318 g/mol. The number of fused-ring (bicyclic) bond motifs is 1. The van der Waals surface area contributed by atoms with Crippen LogP contribution in [0, 0.1) is 6.92 Å². The summed E-state index contributed by atoms with van der Waals surface area (Å²) in [7, 11) is 0. The highest BCUT2D eigenvalue weighted by molar-refractivity contribution is 5.98. The third-order valence-electron chi connectivity index (χ3n) is 4.18. The van der Waals surface area contributed by atoms with E-state index in [4.69, 9.17) is 13.3 Å². The Kier molecular flexibility index (Phi) is 3.90. The zero-order valence-electron chi connectivity index (χ0n) is 13.8. The van der Waals surface area contributed by atoms with Crippen molar-refractivity contribution >= 4 is 16.9 Å². The minimum absolute atomic E-state index is 0.193. The number of hydrogen-bond acceptors (Lipinski definition) is 4. The van der Waals surface area contributed by atoms with Gasteiger partial charge in [0, 0.05) is 10.9 Å². The van der Waals surface area contributed by atoms with Gasteiger partial charge in [0.2, 0.25) is 0 Å². The van der Waals surface area contributed by atoms with Gasteiger partial charge in [-0.2, -0.15) is 0 Å². The van der Waals surface area contributed by atoms with E-state index in [9.17, 15) is 4.79 Å². The molecule has 1 aromatic carbocycles. The normalized spacial score (nSPS) is 11.1. The van der Waals surface area contributed by atoms with E-state index in [1.165, 1.54) is 0 Å². The standard InChI is InChI=1S/C20H17NO4/c1-14-17-8-2-3-9-18(17)25-19(14)20(22)21(12-15-6-4-10-23-15)13-16-7-5-11-24-16/h2-11H,12-13H2,1H3. The number of benzene rings is 1. The number of carbonyl (C=O) groups excluding carboxylic acids is 1. The SMILES string of the molecule is Cc1c(C(=O)N(Cc2ccco2)Cc2ccco2)oc2ccccc12. The highest BCUT2D eigenvalue weighted by Gasteiger charge is 2.25. The lowest BCUT2D eigenvalue weighted by Gasteiger charge is -2.19. The van der Waals surface area contributed by atoms with Crippen LogP contribution >= 0.6 is 0 Å². The van der Waals surface area contributed by atoms with E-state index in [2.05, 4.69) is 0 Å². The third-order valence-corrected chi connectivity index (χ3v) is 4.18. The Hall–Kier alpha value is -3.21. The van der Waals surface area contributed by atoms with Crippen molar-refractivity contribution in [3.8, 4) is 0 Å². The van der Waals surface area contributed by atoms with Crippen molar-refractivity contribution in [2.24, 2.45) is 0 Å². The molecule has 4 rings (SSSR count). The lowest BCUT2D eigenvalue weighted by atomic mass is 10.1. The molecule has 25 heavy (non-hydrogen) atoms. The first-order valence-electron chi connectivity index (χ1n) is 8.04. The zero-order chi connectivity index (χ0) is 17.2. The molecule has 0 saturated carbocycles. The summed E-state index contributed by atoms with van der Waals surface area (Å²) in [6.07, 6.45) is 3.19. The van der Waals surface area contributed by atoms with Gasteiger partial charge in [-0.25, -0.2) is 0 Å². The average Bonchev–Trinajstić information content (AvgIpc) is 3.36. The molecule has 0 aliphatic rings. The van der Waals surface area contributed by atoms with Crippen LogP contribution in [0.25, 0.3) is 11.0 Å². The monoisotopic (exact) mass is 335 g/mol. The van der Waals surface area contributed by atoms with Crippen LogP contribution in [-0.4, -0.2) is 10.8 Å². The Balaban J connectivity index is 1.69. The number of rotatable bonds is 5. The van der Waals surface area contributed by atoms with E-state index in [1.54, 1.807) is 29.6 Å². The minimum atomic E-state index is -0.193. The van der Waals surface area contributed by atoms with Crippen molar-refractivity contribution in [3.05, 3.63) is 83.9 Å². The van der Waals surface area contributed by atoms with Gasteiger partial charge in [-0.1, -0.05) is 18.2 Å². The van der Waals surface area contributed by atoms with Crippen molar-refractivity contribution < 1.29 is 18.0 Å². The largest absolute Gasteiger partial charge is 0.467 e. The van der Waals surface area contributed by atoms with E-state index in [0.717, 1.165) is 10.9 Å². The molecule has 0 atom stereocenters. The average molecular weight is 335 g/mol. The molecule has 5 heteroatoms. The molecule has 0 radical (unpaired) electrons. The predicted molar refractivity (Wildman–Crippen MR) is 91.9 cm³/mol. The van der Waals surface area contributed by atoms with Crippen LogP contribution in [0.4, 0.5) is 0 Å². The molecule has 1 amide bonds. The molecule has 126 valence electrons. The Morgan fingerprint density at radius 2 is 1.56 bits per heavy atom. The summed E-state index contributed by atoms with van der Waals surface area (Å²) in [6, 6.07) is 14.9. The van der Waals surface area contributed by atoms with E-state index in [0.29, 0.717) is 36.0 Å². The van der Waals surface area contributed by atoms with Gasteiger partial charge in [0.25, 0.3) is 5.91 Å². The first-order chi connectivity index (χ1) is 12.2. The van der Waals surface area contributed by atoms with Crippen LogP contribution in [0.3, 0.4) is 0 Å². The quantitative estimate of drug-likeness (QED) is 0.527. The molecule has 0 unspecified atom stereocenters. The van der Waals surface area contributed by atoms with Gasteiger partial charge in [-0.05, 0) is 37.3 Å².